The zero-order valence-corrected chi connectivity index (χ0v) is 12.7. The molecule has 2 rings (SSSR count). The molecular weight excluding hydrogens is 310 g/mol. The number of halogens is 2. The second-order valence-corrected chi connectivity index (χ2v) is 5.76. The van der Waals surface area contributed by atoms with Gasteiger partial charge in [0.25, 0.3) is 0 Å². The summed E-state index contributed by atoms with van der Waals surface area (Å²) in [6, 6.07) is 12.0. The van der Waals surface area contributed by atoms with Crippen molar-refractivity contribution in [2.24, 2.45) is 5.73 Å². The van der Waals surface area contributed by atoms with Gasteiger partial charge < -0.3 is 5.73 Å². The van der Waals surface area contributed by atoms with Gasteiger partial charge in [-0.05, 0) is 48.2 Å². The van der Waals surface area contributed by atoms with Gasteiger partial charge >= 0.3 is 0 Å². The van der Waals surface area contributed by atoms with Crippen molar-refractivity contribution in [2.45, 2.75) is 19.9 Å². The van der Waals surface area contributed by atoms with E-state index in [4.69, 9.17) is 17.3 Å². The molecule has 0 saturated heterocycles. The largest absolute Gasteiger partial charge is 0.320 e. The van der Waals surface area contributed by atoms with Crippen LogP contribution in [0.2, 0.25) is 5.02 Å². The van der Waals surface area contributed by atoms with Crippen molar-refractivity contribution in [3.63, 3.8) is 0 Å². The summed E-state index contributed by atoms with van der Waals surface area (Å²) in [4.78, 5) is 0. The lowest BCUT2D eigenvalue weighted by molar-refractivity contribution is 0.868. The number of benzene rings is 2. The topological polar surface area (TPSA) is 26.0 Å². The van der Waals surface area contributed by atoms with E-state index in [2.05, 4.69) is 28.9 Å². The standard InChI is InChI=1S/C15H15BrClN/c1-9-3-4-12(8-14(9)17)15(18)11-5-6-13(16)10(2)7-11/h3-8,15H,18H2,1-2H3. The second kappa shape index (κ2) is 5.43. The smallest absolute Gasteiger partial charge is 0.0552 e. The van der Waals surface area contributed by atoms with Gasteiger partial charge in [0.15, 0.2) is 0 Å². The molecule has 2 aromatic rings. The van der Waals surface area contributed by atoms with Crippen molar-refractivity contribution in [2.75, 3.05) is 0 Å². The van der Waals surface area contributed by atoms with E-state index < -0.39 is 0 Å². The SMILES string of the molecule is Cc1ccc(C(N)c2ccc(Br)c(C)c2)cc1Cl. The Balaban J connectivity index is 2.37. The predicted molar refractivity (Wildman–Crippen MR) is 81.1 cm³/mol. The highest BCUT2D eigenvalue weighted by Crippen LogP contribution is 2.27. The van der Waals surface area contributed by atoms with Crippen LogP contribution in [0.25, 0.3) is 0 Å². The fraction of sp³-hybridized carbons (Fsp3) is 0.200. The quantitative estimate of drug-likeness (QED) is 0.846. The van der Waals surface area contributed by atoms with Crippen molar-refractivity contribution in [1.29, 1.82) is 0 Å². The molecule has 0 bridgehead atoms. The highest BCUT2D eigenvalue weighted by molar-refractivity contribution is 9.10. The Morgan fingerprint density at radius 1 is 1.00 bits per heavy atom. The minimum Gasteiger partial charge on any atom is -0.320 e. The maximum Gasteiger partial charge on any atom is 0.0552 e. The van der Waals surface area contributed by atoms with E-state index in [1.54, 1.807) is 0 Å². The summed E-state index contributed by atoms with van der Waals surface area (Å²) < 4.78 is 1.10. The molecule has 0 heterocycles. The maximum absolute atomic E-state index is 6.28. The minimum absolute atomic E-state index is 0.144. The molecule has 0 aliphatic rings. The molecule has 18 heavy (non-hydrogen) atoms. The maximum atomic E-state index is 6.28. The minimum atomic E-state index is -0.144. The Morgan fingerprint density at radius 2 is 1.61 bits per heavy atom. The number of hydrogen-bond acceptors (Lipinski definition) is 1. The molecule has 0 aliphatic carbocycles. The zero-order valence-electron chi connectivity index (χ0n) is 10.4. The summed E-state index contributed by atoms with van der Waals surface area (Å²) in [6.07, 6.45) is 0. The van der Waals surface area contributed by atoms with Crippen molar-refractivity contribution < 1.29 is 0 Å². The van der Waals surface area contributed by atoms with Crippen molar-refractivity contribution in [3.8, 4) is 0 Å². The average Bonchev–Trinajstić information content (AvgIpc) is 2.35. The van der Waals surface area contributed by atoms with E-state index in [0.717, 1.165) is 26.2 Å². The Morgan fingerprint density at radius 3 is 2.22 bits per heavy atom. The molecule has 2 N–H and O–H groups in total. The van der Waals surface area contributed by atoms with Gasteiger partial charge in [0.2, 0.25) is 0 Å². The highest BCUT2D eigenvalue weighted by atomic mass is 79.9. The predicted octanol–water partition coefficient (Wildman–Crippen LogP) is 4.77. The number of rotatable bonds is 2. The van der Waals surface area contributed by atoms with Crippen LogP contribution in [0.1, 0.15) is 28.3 Å². The molecule has 0 aromatic heterocycles. The van der Waals surface area contributed by atoms with Gasteiger partial charge in [-0.3, -0.25) is 0 Å². The molecule has 1 nitrogen and oxygen atoms in total. The Kier molecular flexibility index (Phi) is 4.10. The van der Waals surface area contributed by atoms with Gasteiger partial charge in [0, 0.05) is 9.50 Å². The molecule has 0 fully saturated rings. The van der Waals surface area contributed by atoms with Gasteiger partial charge in [-0.2, -0.15) is 0 Å². The van der Waals surface area contributed by atoms with Crippen LogP contribution in [0.5, 0.6) is 0 Å². The first-order chi connectivity index (χ1) is 8.49. The third kappa shape index (κ3) is 2.77. The van der Waals surface area contributed by atoms with E-state index in [9.17, 15) is 0 Å². The molecule has 0 radical (unpaired) electrons. The Bertz CT molecular complexity index is 529. The number of nitrogens with two attached hydrogens (primary N) is 1. The normalized spacial score (nSPS) is 12.5. The zero-order chi connectivity index (χ0) is 13.3. The molecule has 1 atom stereocenters. The van der Waals surface area contributed by atoms with Crippen LogP contribution in [-0.2, 0) is 0 Å². The molecule has 94 valence electrons. The highest BCUT2D eigenvalue weighted by Gasteiger charge is 2.11. The van der Waals surface area contributed by atoms with Crippen LogP contribution in [0, 0.1) is 13.8 Å². The first kappa shape index (κ1) is 13.6. The lowest BCUT2D eigenvalue weighted by Crippen LogP contribution is -2.12. The molecule has 0 spiro atoms. The van der Waals surface area contributed by atoms with Gasteiger partial charge in [-0.25, -0.2) is 0 Å². The van der Waals surface area contributed by atoms with Crippen LogP contribution >= 0.6 is 27.5 Å². The summed E-state index contributed by atoms with van der Waals surface area (Å²) in [5.74, 6) is 0. The third-order valence-electron chi connectivity index (χ3n) is 3.10. The summed E-state index contributed by atoms with van der Waals surface area (Å²) >= 11 is 9.63. The first-order valence-electron chi connectivity index (χ1n) is 5.76. The third-order valence-corrected chi connectivity index (χ3v) is 4.39. The van der Waals surface area contributed by atoms with Crippen LogP contribution < -0.4 is 5.73 Å². The van der Waals surface area contributed by atoms with E-state index in [1.165, 1.54) is 5.56 Å². The van der Waals surface area contributed by atoms with Gasteiger partial charge in [0.1, 0.15) is 0 Å². The number of hydrogen-bond donors (Lipinski definition) is 1. The Hall–Kier alpha value is -0.830. The van der Waals surface area contributed by atoms with Gasteiger partial charge in [0.05, 0.1) is 6.04 Å². The molecule has 0 amide bonds. The summed E-state index contributed by atoms with van der Waals surface area (Å²) in [5, 5.41) is 0.761. The lowest BCUT2D eigenvalue weighted by Gasteiger charge is -2.15. The van der Waals surface area contributed by atoms with E-state index >= 15 is 0 Å². The van der Waals surface area contributed by atoms with E-state index in [-0.39, 0.29) is 6.04 Å². The second-order valence-electron chi connectivity index (χ2n) is 4.49. The molecule has 0 aliphatic heterocycles. The fourth-order valence-corrected chi connectivity index (χ4v) is 2.29. The van der Waals surface area contributed by atoms with Crippen LogP contribution in [0.15, 0.2) is 40.9 Å². The molecule has 3 heteroatoms. The first-order valence-corrected chi connectivity index (χ1v) is 6.94. The number of aryl methyl sites for hydroxylation is 2. The van der Waals surface area contributed by atoms with Crippen LogP contribution in [-0.4, -0.2) is 0 Å². The Labute approximate surface area is 121 Å². The van der Waals surface area contributed by atoms with Crippen molar-refractivity contribution in [3.05, 3.63) is 68.1 Å². The lowest BCUT2D eigenvalue weighted by atomic mass is 9.97. The van der Waals surface area contributed by atoms with Gasteiger partial charge in [-0.15, -0.1) is 0 Å². The summed E-state index contributed by atoms with van der Waals surface area (Å²) in [7, 11) is 0. The summed E-state index contributed by atoms with van der Waals surface area (Å²) in [5.41, 5.74) is 10.7. The molecule has 0 saturated carbocycles. The fourth-order valence-electron chi connectivity index (χ4n) is 1.86. The molecular formula is C15H15BrClN. The van der Waals surface area contributed by atoms with Crippen LogP contribution in [0.4, 0.5) is 0 Å². The summed E-state index contributed by atoms with van der Waals surface area (Å²) in [6.45, 7) is 4.05. The monoisotopic (exact) mass is 323 g/mol. The molecule has 1 unspecified atom stereocenters. The van der Waals surface area contributed by atoms with E-state index in [0.29, 0.717) is 0 Å². The van der Waals surface area contributed by atoms with Crippen molar-refractivity contribution in [1.82, 2.24) is 0 Å². The molecule has 2 aromatic carbocycles. The average molecular weight is 325 g/mol. The van der Waals surface area contributed by atoms with Gasteiger partial charge in [-0.1, -0.05) is 51.8 Å². The van der Waals surface area contributed by atoms with Crippen molar-refractivity contribution >= 4 is 27.5 Å². The van der Waals surface area contributed by atoms with Crippen LogP contribution in [0.3, 0.4) is 0 Å². The van der Waals surface area contributed by atoms with E-state index in [1.807, 2.05) is 37.3 Å².